The van der Waals surface area contributed by atoms with Crippen LogP contribution in [-0.4, -0.2) is 40.3 Å². The number of urea groups is 1. The molecule has 0 atom stereocenters. The van der Waals surface area contributed by atoms with Crippen LogP contribution in [0.15, 0.2) is 30.5 Å². The summed E-state index contributed by atoms with van der Waals surface area (Å²) in [6, 6.07) is 7.81. The van der Waals surface area contributed by atoms with E-state index in [-0.39, 0.29) is 12.6 Å². The van der Waals surface area contributed by atoms with Crippen molar-refractivity contribution in [3.05, 3.63) is 30.5 Å². The number of hydrogen-bond donors (Lipinski definition) is 2. The third-order valence-electron chi connectivity index (χ3n) is 3.41. The Bertz CT molecular complexity index is 592. The Balaban J connectivity index is 2.27. The van der Waals surface area contributed by atoms with Gasteiger partial charge in [-0.3, -0.25) is 0 Å². The summed E-state index contributed by atoms with van der Waals surface area (Å²) in [7, 11) is 0. The highest BCUT2D eigenvalue weighted by Gasteiger charge is 2.14. The number of carbonyl (C=O) groups excluding carboxylic acids is 1. The quantitative estimate of drug-likeness (QED) is 0.881. The number of para-hydroxylation sites is 1. The number of rotatable bonds is 5. The van der Waals surface area contributed by atoms with Crippen molar-refractivity contribution < 1.29 is 9.90 Å². The van der Waals surface area contributed by atoms with Gasteiger partial charge in [0, 0.05) is 31.2 Å². The van der Waals surface area contributed by atoms with Crippen molar-refractivity contribution in [1.29, 1.82) is 0 Å². The van der Waals surface area contributed by atoms with Crippen LogP contribution in [0.4, 0.5) is 10.5 Å². The maximum Gasteiger partial charge on any atom is 0.321 e. The summed E-state index contributed by atoms with van der Waals surface area (Å²) < 4.78 is 2.10. The molecule has 1 aromatic heterocycles. The molecule has 108 valence electrons. The van der Waals surface area contributed by atoms with E-state index in [0.29, 0.717) is 13.1 Å². The maximum atomic E-state index is 12.2. The molecule has 0 saturated heterocycles. The fourth-order valence-corrected chi connectivity index (χ4v) is 2.33. The highest BCUT2D eigenvalue weighted by Crippen LogP contribution is 2.26. The maximum absolute atomic E-state index is 12.2. The minimum Gasteiger partial charge on any atom is -0.395 e. The number of nitrogens with zero attached hydrogens (tertiary/aromatic N) is 2. The number of hydrogen-bond acceptors (Lipinski definition) is 2. The molecule has 0 aliphatic carbocycles. The Hall–Kier alpha value is -2.01. The molecule has 2 amide bonds. The molecule has 0 radical (unpaired) electrons. The van der Waals surface area contributed by atoms with E-state index in [9.17, 15) is 4.79 Å². The van der Waals surface area contributed by atoms with E-state index < -0.39 is 0 Å². The van der Waals surface area contributed by atoms with Crippen LogP contribution in [0.5, 0.6) is 0 Å². The zero-order valence-corrected chi connectivity index (χ0v) is 12.0. The van der Waals surface area contributed by atoms with Crippen LogP contribution in [0.2, 0.25) is 0 Å². The van der Waals surface area contributed by atoms with Crippen molar-refractivity contribution in [2.45, 2.75) is 20.4 Å². The Kier molecular flexibility index (Phi) is 4.63. The zero-order valence-electron chi connectivity index (χ0n) is 12.0. The van der Waals surface area contributed by atoms with Gasteiger partial charge < -0.3 is 19.9 Å². The van der Waals surface area contributed by atoms with E-state index in [4.69, 9.17) is 5.11 Å². The summed E-state index contributed by atoms with van der Waals surface area (Å²) >= 11 is 0. The van der Waals surface area contributed by atoms with Crippen LogP contribution in [0, 0.1) is 0 Å². The fourth-order valence-electron chi connectivity index (χ4n) is 2.33. The van der Waals surface area contributed by atoms with Crippen LogP contribution in [0.25, 0.3) is 10.9 Å². The standard InChI is InChI=1S/C15H21N3O2/c1-3-17(9-10-19)15(20)16-13-11-18(4-2)14-8-6-5-7-12(13)14/h5-8,11,19H,3-4,9-10H2,1-2H3,(H,16,20). The van der Waals surface area contributed by atoms with Crippen LogP contribution >= 0.6 is 0 Å². The minimum atomic E-state index is -0.180. The smallest absolute Gasteiger partial charge is 0.321 e. The number of carbonyl (C=O) groups is 1. The molecule has 2 aromatic rings. The van der Waals surface area contributed by atoms with Gasteiger partial charge in [-0.25, -0.2) is 4.79 Å². The lowest BCUT2D eigenvalue weighted by Crippen LogP contribution is -2.36. The van der Waals surface area contributed by atoms with Gasteiger partial charge in [0.05, 0.1) is 17.8 Å². The van der Waals surface area contributed by atoms with E-state index in [0.717, 1.165) is 23.1 Å². The number of likely N-dealkylation sites (N-methyl/N-ethyl adjacent to an activating group) is 1. The molecule has 2 N–H and O–H groups in total. The zero-order chi connectivity index (χ0) is 14.5. The normalized spacial score (nSPS) is 10.8. The number of aromatic nitrogens is 1. The second kappa shape index (κ2) is 6.43. The average Bonchev–Trinajstić information content (AvgIpc) is 2.83. The molecule has 0 bridgehead atoms. The number of aliphatic hydroxyl groups is 1. The molecule has 0 aliphatic heterocycles. The molecule has 0 saturated carbocycles. The van der Waals surface area contributed by atoms with E-state index in [1.807, 2.05) is 37.4 Å². The van der Waals surface area contributed by atoms with E-state index >= 15 is 0 Å². The van der Waals surface area contributed by atoms with E-state index in [1.165, 1.54) is 0 Å². The molecule has 5 heteroatoms. The minimum absolute atomic E-state index is 0.0298. The van der Waals surface area contributed by atoms with Gasteiger partial charge in [-0.05, 0) is 19.9 Å². The number of benzene rings is 1. The first-order valence-electron chi connectivity index (χ1n) is 6.95. The van der Waals surface area contributed by atoms with Crippen molar-refractivity contribution in [3.8, 4) is 0 Å². The lowest BCUT2D eigenvalue weighted by Gasteiger charge is -2.19. The number of amides is 2. The van der Waals surface area contributed by atoms with Gasteiger partial charge >= 0.3 is 6.03 Å². The molecule has 1 heterocycles. The average molecular weight is 275 g/mol. The number of aryl methyl sites for hydroxylation is 1. The summed E-state index contributed by atoms with van der Waals surface area (Å²) in [6.45, 7) is 5.70. The Morgan fingerprint density at radius 2 is 2.10 bits per heavy atom. The number of anilines is 1. The lowest BCUT2D eigenvalue weighted by atomic mass is 10.2. The second-order valence-electron chi connectivity index (χ2n) is 4.58. The highest BCUT2D eigenvalue weighted by molar-refractivity contribution is 6.01. The first-order chi connectivity index (χ1) is 9.71. The number of fused-ring (bicyclic) bond motifs is 1. The third-order valence-corrected chi connectivity index (χ3v) is 3.41. The van der Waals surface area contributed by atoms with Gasteiger partial charge in [0.25, 0.3) is 0 Å². The number of aliphatic hydroxyl groups excluding tert-OH is 1. The van der Waals surface area contributed by atoms with Crippen molar-refractivity contribution in [1.82, 2.24) is 9.47 Å². The van der Waals surface area contributed by atoms with Gasteiger partial charge in [-0.1, -0.05) is 18.2 Å². The van der Waals surface area contributed by atoms with Crippen molar-refractivity contribution in [2.75, 3.05) is 25.0 Å². The summed E-state index contributed by atoms with van der Waals surface area (Å²) in [5.41, 5.74) is 1.92. The second-order valence-corrected chi connectivity index (χ2v) is 4.58. The van der Waals surface area contributed by atoms with Crippen LogP contribution in [0.3, 0.4) is 0 Å². The Morgan fingerprint density at radius 1 is 1.35 bits per heavy atom. The monoisotopic (exact) mass is 275 g/mol. The highest BCUT2D eigenvalue weighted by atomic mass is 16.3. The molecule has 0 unspecified atom stereocenters. The predicted molar refractivity (Wildman–Crippen MR) is 81.0 cm³/mol. The molecule has 0 spiro atoms. The molecular formula is C15H21N3O2. The molecule has 20 heavy (non-hydrogen) atoms. The molecule has 2 rings (SSSR count). The van der Waals surface area contributed by atoms with Gasteiger partial charge in [0.2, 0.25) is 0 Å². The third kappa shape index (κ3) is 2.77. The molecule has 0 fully saturated rings. The summed E-state index contributed by atoms with van der Waals surface area (Å²) in [4.78, 5) is 13.8. The summed E-state index contributed by atoms with van der Waals surface area (Å²) in [5.74, 6) is 0. The predicted octanol–water partition coefficient (Wildman–Crippen LogP) is 2.51. The van der Waals surface area contributed by atoms with Gasteiger partial charge in [-0.15, -0.1) is 0 Å². The first kappa shape index (κ1) is 14.4. The topological polar surface area (TPSA) is 57.5 Å². The number of nitrogens with one attached hydrogen (secondary N) is 1. The largest absolute Gasteiger partial charge is 0.395 e. The Morgan fingerprint density at radius 3 is 2.75 bits per heavy atom. The van der Waals surface area contributed by atoms with Gasteiger partial charge in [0.15, 0.2) is 0 Å². The fraction of sp³-hybridized carbons (Fsp3) is 0.400. The van der Waals surface area contributed by atoms with E-state index in [1.54, 1.807) is 4.90 Å². The first-order valence-corrected chi connectivity index (χ1v) is 6.95. The van der Waals surface area contributed by atoms with Crippen molar-refractivity contribution in [3.63, 3.8) is 0 Å². The lowest BCUT2D eigenvalue weighted by molar-refractivity contribution is 0.192. The summed E-state index contributed by atoms with van der Waals surface area (Å²) in [5, 5.41) is 12.9. The van der Waals surface area contributed by atoms with Gasteiger partial charge in [0.1, 0.15) is 0 Å². The molecule has 5 nitrogen and oxygen atoms in total. The molecule has 0 aliphatic rings. The van der Waals surface area contributed by atoms with Crippen LogP contribution in [-0.2, 0) is 6.54 Å². The van der Waals surface area contributed by atoms with Crippen molar-refractivity contribution in [2.24, 2.45) is 0 Å². The van der Waals surface area contributed by atoms with Crippen LogP contribution < -0.4 is 5.32 Å². The Labute approximate surface area is 118 Å². The summed E-state index contributed by atoms with van der Waals surface area (Å²) in [6.07, 6.45) is 1.95. The SMILES string of the molecule is CCN(CCO)C(=O)Nc1cn(CC)c2ccccc12. The van der Waals surface area contributed by atoms with E-state index in [2.05, 4.69) is 16.8 Å². The molecular weight excluding hydrogens is 254 g/mol. The van der Waals surface area contributed by atoms with Crippen LogP contribution in [0.1, 0.15) is 13.8 Å². The molecule has 1 aromatic carbocycles. The van der Waals surface area contributed by atoms with Gasteiger partial charge in [-0.2, -0.15) is 0 Å². The van der Waals surface area contributed by atoms with Crippen molar-refractivity contribution >= 4 is 22.6 Å².